The van der Waals surface area contributed by atoms with E-state index >= 15 is 0 Å². The van der Waals surface area contributed by atoms with Gasteiger partial charge in [0.05, 0.1) is 18.3 Å². The summed E-state index contributed by atoms with van der Waals surface area (Å²) in [4.78, 5) is 50.4. The van der Waals surface area contributed by atoms with Crippen molar-refractivity contribution >= 4 is 23.7 Å². The Labute approximate surface area is 165 Å². The average Bonchev–Trinajstić information content (AvgIpc) is 2.85. The van der Waals surface area contributed by atoms with Gasteiger partial charge in [0, 0.05) is 12.6 Å². The highest BCUT2D eigenvalue weighted by Gasteiger charge is 2.47. The van der Waals surface area contributed by atoms with Gasteiger partial charge in [-0.15, -0.1) is 0 Å². The van der Waals surface area contributed by atoms with E-state index in [0.29, 0.717) is 12.8 Å². The van der Waals surface area contributed by atoms with Gasteiger partial charge < -0.3 is 10.1 Å². The molecule has 1 saturated carbocycles. The maximum atomic E-state index is 12.4. The lowest BCUT2D eigenvalue weighted by molar-refractivity contribution is -0.156. The molecule has 1 saturated heterocycles. The Kier molecular flexibility index (Phi) is 6.86. The molecule has 7 nitrogen and oxygen atoms in total. The van der Waals surface area contributed by atoms with E-state index in [0.717, 1.165) is 25.7 Å². The Morgan fingerprint density at radius 2 is 1.64 bits per heavy atom. The fourth-order valence-electron chi connectivity index (χ4n) is 4.34. The van der Waals surface area contributed by atoms with Crippen molar-refractivity contribution in [3.63, 3.8) is 0 Å². The van der Waals surface area contributed by atoms with Crippen LogP contribution in [-0.4, -0.2) is 47.3 Å². The van der Waals surface area contributed by atoms with Crippen molar-refractivity contribution in [2.24, 2.45) is 11.8 Å². The second-order valence-corrected chi connectivity index (χ2v) is 8.06. The average molecular weight is 390 g/mol. The molecule has 3 atom stereocenters. The molecule has 0 aromatic carbocycles. The predicted octanol–water partition coefficient (Wildman–Crippen LogP) is 2.10. The number of esters is 1. The van der Waals surface area contributed by atoms with Crippen LogP contribution in [0.5, 0.6) is 0 Å². The quantitative estimate of drug-likeness (QED) is 0.324. The highest BCUT2D eigenvalue weighted by atomic mass is 16.5. The molecular weight excluding hydrogens is 360 g/mol. The van der Waals surface area contributed by atoms with Gasteiger partial charge in [-0.25, -0.2) is 0 Å². The summed E-state index contributed by atoms with van der Waals surface area (Å²) >= 11 is 0. The van der Waals surface area contributed by atoms with Crippen LogP contribution in [-0.2, 0) is 23.9 Å². The maximum absolute atomic E-state index is 12.4. The molecule has 3 rings (SSSR count). The molecule has 1 heterocycles. The van der Waals surface area contributed by atoms with E-state index < -0.39 is 12.1 Å². The predicted molar refractivity (Wildman–Crippen MR) is 102 cm³/mol. The van der Waals surface area contributed by atoms with Gasteiger partial charge in [-0.3, -0.25) is 24.1 Å². The molecule has 2 aliphatic carbocycles. The first-order valence-electron chi connectivity index (χ1n) is 10.5. The van der Waals surface area contributed by atoms with Gasteiger partial charge in [-0.2, -0.15) is 0 Å². The number of rotatable bonds is 6. The summed E-state index contributed by atoms with van der Waals surface area (Å²) < 4.78 is 5.22. The molecule has 7 heteroatoms. The Bertz CT molecular complexity index is 625. The Hall–Kier alpha value is -2.18. The number of fused-ring (bicyclic) bond motifs is 1. The summed E-state index contributed by atoms with van der Waals surface area (Å²) in [6.45, 7) is 1.57. The summed E-state index contributed by atoms with van der Waals surface area (Å²) in [5.41, 5.74) is 0. The van der Waals surface area contributed by atoms with Crippen LogP contribution in [0.25, 0.3) is 0 Å². The first-order chi connectivity index (χ1) is 13.5. The molecule has 0 spiro atoms. The molecule has 1 N–H and O–H groups in total. The summed E-state index contributed by atoms with van der Waals surface area (Å²) in [5, 5.41) is 2.97. The summed E-state index contributed by atoms with van der Waals surface area (Å²) in [5.74, 6) is -1.85. The van der Waals surface area contributed by atoms with Gasteiger partial charge in [0.1, 0.15) is 0 Å². The number of imide groups is 1. The number of hydrogen-bond acceptors (Lipinski definition) is 5. The van der Waals surface area contributed by atoms with Crippen molar-refractivity contribution in [2.45, 2.75) is 76.9 Å². The van der Waals surface area contributed by atoms with Gasteiger partial charge in [0.25, 0.3) is 5.91 Å². The molecule has 0 radical (unpaired) electrons. The summed E-state index contributed by atoms with van der Waals surface area (Å²) in [7, 11) is 0. The van der Waals surface area contributed by atoms with E-state index in [4.69, 9.17) is 4.74 Å². The number of amides is 3. The fraction of sp³-hybridized carbons (Fsp3) is 0.714. The second-order valence-electron chi connectivity index (χ2n) is 8.06. The van der Waals surface area contributed by atoms with Crippen LogP contribution in [0, 0.1) is 11.8 Å². The third-order valence-electron chi connectivity index (χ3n) is 6.02. The van der Waals surface area contributed by atoms with Crippen molar-refractivity contribution in [3.05, 3.63) is 12.2 Å². The number of nitrogens with one attached hydrogen (secondary N) is 1. The zero-order chi connectivity index (χ0) is 20.1. The maximum Gasteiger partial charge on any atom is 0.308 e. The third kappa shape index (κ3) is 4.80. The van der Waals surface area contributed by atoms with Crippen molar-refractivity contribution in [2.75, 3.05) is 6.54 Å². The lowest BCUT2D eigenvalue weighted by atomic mass is 9.85. The van der Waals surface area contributed by atoms with E-state index in [1.807, 2.05) is 12.2 Å². The van der Waals surface area contributed by atoms with Crippen LogP contribution in [0.3, 0.4) is 0 Å². The second kappa shape index (κ2) is 9.34. The highest BCUT2D eigenvalue weighted by molar-refractivity contribution is 6.05. The minimum Gasteiger partial charge on any atom is -0.452 e. The van der Waals surface area contributed by atoms with Crippen LogP contribution in [0.2, 0.25) is 0 Å². The number of carbonyl (C=O) groups is 4. The molecule has 1 aliphatic heterocycles. The Morgan fingerprint density at radius 3 is 2.21 bits per heavy atom. The highest BCUT2D eigenvalue weighted by Crippen LogP contribution is 2.35. The van der Waals surface area contributed by atoms with Crippen molar-refractivity contribution in [1.82, 2.24) is 10.2 Å². The first-order valence-corrected chi connectivity index (χ1v) is 10.5. The SMILES string of the molecule is C[C@@H](OC(=O)CCN1C(=O)[C@H]2CC=CC[C@H]2C1=O)C(=O)NC1CCCCCC1. The molecule has 0 bridgehead atoms. The number of likely N-dealkylation sites (tertiary alicyclic amines) is 1. The van der Waals surface area contributed by atoms with Crippen molar-refractivity contribution in [1.29, 1.82) is 0 Å². The standard InChI is InChI=1S/C21H30N2O5/c1-14(19(25)22-15-8-4-2-3-5-9-15)28-18(24)12-13-23-20(26)16-10-6-7-11-17(16)21(23)27/h6-7,14-17H,2-5,8-13H2,1H3,(H,22,25)/t14-,16-,17+/m1/s1. The number of allylic oxidation sites excluding steroid dienone is 2. The Morgan fingerprint density at radius 1 is 1.07 bits per heavy atom. The van der Waals surface area contributed by atoms with Gasteiger partial charge in [0.2, 0.25) is 11.8 Å². The summed E-state index contributed by atoms with van der Waals surface area (Å²) in [6.07, 6.45) is 10.6. The molecule has 0 aromatic heterocycles. The zero-order valence-electron chi connectivity index (χ0n) is 16.5. The minimum atomic E-state index is -0.882. The van der Waals surface area contributed by atoms with Gasteiger partial charge in [-0.1, -0.05) is 37.8 Å². The van der Waals surface area contributed by atoms with Crippen LogP contribution < -0.4 is 5.32 Å². The number of nitrogens with zero attached hydrogens (tertiary/aromatic N) is 1. The van der Waals surface area contributed by atoms with Crippen LogP contribution in [0.15, 0.2) is 12.2 Å². The van der Waals surface area contributed by atoms with Crippen LogP contribution in [0.1, 0.15) is 64.7 Å². The first kappa shape index (κ1) is 20.6. The number of carbonyl (C=O) groups excluding carboxylic acids is 4. The van der Waals surface area contributed by atoms with Crippen LogP contribution >= 0.6 is 0 Å². The lowest BCUT2D eigenvalue weighted by Gasteiger charge is -2.20. The summed E-state index contributed by atoms with van der Waals surface area (Å²) in [6, 6.07) is 0.146. The largest absolute Gasteiger partial charge is 0.452 e. The number of ether oxygens (including phenoxy) is 1. The van der Waals surface area contributed by atoms with E-state index in [1.54, 1.807) is 6.92 Å². The molecule has 3 aliphatic rings. The van der Waals surface area contributed by atoms with Gasteiger partial charge >= 0.3 is 5.97 Å². The minimum absolute atomic E-state index is 0.0143. The molecule has 2 fully saturated rings. The zero-order valence-corrected chi connectivity index (χ0v) is 16.5. The van der Waals surface area contributed by atoms with Crippen molar-refractivity contribution in [3.8, 4) is 0 Å². The third-order valence-corrected chi connectivity index (χ3v) is 6.02. The van der Waals surface area contributed by atoms with E-state index in [2.05, 4.69) is 5.32 Å². The van der Waals surface area contributed by atoms with Gasteiger partial charge in [-0.05, 0) is 32.6 Å². The van der Waals surface area contributed by atoms with E-state index in [1.165, 1.54) is 17.7 Å². The van der Waals surface area contributed by atoms with Crippen molar-refractivity contribution < 1.29 is 23.9 Å². The van der Waals surface area contributed by atoms with Crippen LogP contribution in [0.4, 0.5) is 0 Å². The monoisotopic (exact) mass is 390 g/mol. The number of hydrogen-bond donors (Lipinski definition) is 1. The molecule has 154 valence electrons. The molecular formula is C21H30N2O5. The topological polar surface area (TPSA) is 92.8 Å². The normalized spacial score (nSPS) is 26.5. The fourth-order valence-corrected chi connectivity index (χ4v) is 4.34. The Balaban J connectivity index is 1.43. The molecule has 0 unspecified atom stereocenters. The lowest BCUT2D eigenvalue weighted by Crippen LogP contribution is -2.42. The molecule has 3 amide bonds. The van der Waals surface area contributed by atoms with E-state index in [9.17, 15) is 19.2 Å². The van der Waals surface area contributed by atoms with E-state index in [-0.39, 0.29) is 48.6 Å². The molecule has 0 aromatic rings. The smallest absolute Gasteiger partial charge is 0.308 e. The van der Waals surface area contributed by atoms with Gasteiger partial charge in [0.15, 0.2) is 6.10 Å². The molecule has 28 heavy (non-hydrogen) atoms.